The highest BCUT2D eigenvalue weighted by Crippen LogP contribution is 2.05. The molecule has 14 heavy (non-hydrogen) atoms. The molecule has 1 heterocycles. The molecule has 0 spiro atoms. The van der Waals surface area contributed by atoms with Crippen molar-refractivity contribution < 1.29 is 4.79 Å². The third-order valence-electron chi connectivity index (χ3n) is 2.33. The number of likely N-dealkylation sites (tertiary alicyclic amines) is 1. The first kappa shape index (κ1) is 11.3. The van der Waals surface area contributed by atoms with Crippen molar-refractivity contribution in [3.05, 3.63) is 0 Å². The first-order valence-electron chi connectivity index (χ1n) is 5.45. The summed E-state index contributed by atoms with van der Waals surface area (Å²) in [5.41, 5.74) is 0. The lowest BCUT2D eigenvalue weighted by molar-refractivity contribution is 0.236. The molecule has 0 aromatic carbocycles. The van der Waals surface area contributed by atoms with Gasteiger partial charge in [-0.05, 0) is 39.8 Å². The number of carbonyl (C=O) groups excluding carboxylic acids is 1. The number of hydrogen-bond donors (Lipinski definition) is 2. The van der Waals surface area contributed by atoms with Crippen LogP contribution in [-0.4, -0.2) is 43.2 Å². The number of hydrogen-bond acceptors (Lipinski definition) is 2. The Morgan fingerprint density at radius 1 is 1.36 bits per heavy atom. The van der Waals surface area contributed by atoms with Crippen molar-refractivity contribution in [1.82, 2.24) is 15.5 Å². The molecule has 0 aromatic rings. The van der Waals surface area contributed by atoms with Crippen LogP contribution in [0, 0.1) is 0 Å². The first-order chi connectivity index (χ1) is 6.68. The molecule has 0 radical (unpaired) electrons. The van der Waals surface area contributed by atoms with Crippen LogP contribution in [-0.2, 0) is 0 Å². The number of amides is 2. The Balaban J connectivity index is 1.99. The largest absolute Gasteiger partial charge is 0.337 e. The van der Waals surface area contributed by atoms with Gasteiger partial charge in [0.1, 0.15) is 0 Å². The minimum atomic E-state index is -0.0563. The SMILES string of the molecule is CC(C)NC(=O)NCCN1CCCC1. The van der Waals surface area contributed by atoms with E-state index in [4.69, 9.17) is 0 Å². The van der Waals surface area contributed by atoms with Gasteiger partial charge in [-0.2, -0.15) is 0 Å². The highest BCUT2D eigenvalue weighted by Gasteiger charge is 2.10. The van der Waals surface area contributed by atoms with Gasteiger partial charge in [-0.3, -0.25) is 0 Å². The monoisotopic (exact) mass is 199 g/mol. The van der Waals surface area contributed by atoms with Crippen LogP contribution in [0.4, 0.5) is 4.79 Å². The molecule has 0 bridgehead atoms. The van der Waals surface area contributed by atoms with Crippen LogP contribution in [0.5, 0.6) is 0 Å². The summed E-state index contributed by atoms with van der Waals surface area (Å²) in [5, 5.41) is 5.65. The van der Waals surface area contributed by atoms with Gasteiger partial charge in [-0.1, -0.05) is 0 Å². The second-order valence-electron chi connectivity index (χ2n) is 4.10. The smallest absolute Gasteiger partial charge is 0.315 e. The van der Waals surface area contributed by atoms with E-state index in [1.54, 1.807) is 0 Å². The quantitative estimate of drug-likeness (QED) is 0.703. The molecule has 0 unspecified atom stereocenters. The lowest BCUT2D eigenvalue weighted by Crippen LogP contribution is -2.42. The second kappa shape index (κ2) is 5.86. The van der Waals surface area contributed by atoms with Gasteiger partial charge < -0.3 is 15.5 Å². The molecule has 0 atom stereocenters. The Hall–Kier alpha value is -0.770. The number of nitrogens with one attached hydrogen (secondary N) is 2. The summed E-state index contributed by atoms with van der Waals surface area (Å²) in [6, 6.07) is 0.154. The van der Waals surface area contributed by atoms with Crippen LogP contribution in [0.3, 0.4) is 0 Å². The third-order valence-corrected chi connectivity index (χ3v) is 2.33. The molecule has 4 heteroatoms. The molecule has 1 saturated heterocycles. The predicted molar refractivity (Wildman–Crippen MR) is 57.3 cm³/mol. The highest BCUT2D eigenvalue weighted by molar-refractivity contribution is 5.74. The molecule has 2 amide bonds. The average Bonchev–Trinajstić information content (AvgIpc) is 2.55. The summed E-state index contributed by atoms with van der Waals surface area (Å²) in [7, 11) is 0. The van der Waals surface area contributed by atoms with Crippen molar-refractivity contribution in [3.8, 4) is 0 Å². The van der Waals surface area contributed by atoms with E-state index in [2.05, 4.69) is 15.5 Å². The van der Waals surface area contributed by atoms with Crippen LogP contribution in [0.2, 0.25) is 0 Å². The van der Waals surface area contributed by atoms with E-state index in [1.165, 1.54) is 25.9 Å². The van der Waals surface area contributed by atoms with Crippen molar-refractivity contribution in [2.24, 2.45) is 0 Å². The fourth-order valence-electron chi connectivity index (χ4n) is 1.65. The number of carbonyl (C=O) groups is 1. The lowest BCUT2D eigenvalue weighted by atomic mass is 10.4. The van der Waals surface area contributed by atoms with E-state index in [0.29, 0.717) is 0 Å². The fourth-order valence-corrected chi connectivity index (χ4v) is 1.65. The summed E-state index contributed by atoms with van der Waals surface area (Å²) in [6.07, 6.45) is 2.61. The van der Waals surface area contributed by atoms with E-state index in [9.17, 15) is 4.79 Å². The van der Waals surface area contributed by atoms with Gasteiger partial charge >= 0.3 is 6.03 Å². The molecule has 1 aliphatic heterocycles. The van der Waals surface area contributed by atoms with E-state index in [1.807, 2.05) is 13.8 Å². The highest BCUT2D eigenvalue weighted by atomic mass is 16.2. The molecule has 1 aliphatic rings. The summed E-state index contributed by atoms with van der Waals surface area (Å²) in [5.74, 6) is 0. The van der Waals surface area contributed by atoms with Crippen LogP contribution in [0.1, 0.15) is 26.7 Å². The molecular formula is C10H21N3O. The van der Waals surface area contributed by atoms with Crippen molar-refractivity contribution in [2.45, 2.75) is 32.7 Å². The van der Waals surface area contributed by atoms with Crippen molar-refractivity contribution in [1.29, 1.82) is 0 Å². The molecule has 0 aliphatic carbocycles. The Morgan fingerprint density at radius 2 is 2.00 bits per heavy atom. The Bertz CT molecular complexity index is 176. The van der Waals surface area contributed by atoms with Gasteiger partial charge in [0.2, 0.25) is 0 Å². The molecule has 0 saturated carbocycles. The summed E-state index contributed by atoms with van der Waals surface area (Å²) >= 11 is 0. The molecule has 82 valence electrons. The zero-order valence-corrected chi connectivity index (χ0v) is 9.18. The van der Waals surface area contributed by atoms with Gasteiger partial charge in [-0.25, -0.2) is 4.79 Å². The van der Waals surface area contributed by atoms with E-state index in [-0.39, 0.29) is 12.1 Å². The Morgan fingerprint density at radius 3 is 2.57 bits per heavy atom. The fraction of sp³-hybridized carbons (Fsp3) is 0.900. The third kappa shape index (κ3) is 4.46. The average molecular weight is 199 g/mol. The summed E-state index contributed by atoms with van der Waals surface area (Å²) in [4.78, 5) is 13.6. The molecule has 1 fully saturated rings. The number of urea groups is 1. The maximum absolute atomic E-state index is 11.2. The second-order valence-corrected chi connectivity index (χ2v) is 4.10. The van der Waals surface area contributed by atoms with Gasteiger partial charge in [-0.15, -0.1) is 0 Å². The van der Waals surface area contributed by atoms with Crippen LogP contribution in [0.25, 0.3) is 0 Å². The van der Waals surface area contributed by atoms with Crippen LogP contribution in [0.15, 0.2) is 0 Å². The zero-order valence-electron chi connectivity index (χ0n) is 9.18. The predicted octanol–water partition coefficient (Wildman–Crippen LogP) is 0.790. The van der Waals surface area contributed by atoms with E-state index < -0.39 is 0 Å². The van der Waals surface area contributed by atoms with Crippen LogP contribution < -0.4 is 10.6 Å². The lowest BCUT2D eigenvalue weighted by Gasteiger charge is -2.15. The Kier molecular flexibility index (Phi) is 4.73. The van der Waals surface area contributed by atoms with Gasteiger partial charge in [0.15, 0.2) is 0 Å². The molecule has 4 nitrogen and oxygen atoms in total. The van der Waals surface area contributed by atoms with Gasteiger partial charge in [0.25, 0.3) is 0 Å². The first-order valence-corrected chi connectivity index (χ1v) is 5.45. The topological polar surface area (TPSA) is 44.4 Å². The molecular weight excluding hydrogens is 178 g/mol. The van der Waals surface area contributed by atoms with Crippen molar-refractivity contribution in [2.75, 3.05) is 26.2 Å². The standard InChI is InChI=1S/C10H21N3O/c1-9(2)12-10(14)11-5-8-13-6-3-4-7-13/h9H,3-8H2,1-2H3,(H2,11,12,14). The minimum absolute atomic E-state index is 0.0563. The van der Waals surface area contributed by atoms with E-state index >= 15 is 0 Å². The van der Waals surface area contributed by atoms with Crippen LogP contribution >= 0.6 is 0 Å². The Labute approximate surface area is 86.0 Å². The van der Waals surface area contributed by atoms with Crippen molar-refractivity contribution >= 4 is 6.03 Å². The van der Waals surface area contributed by atoms with Gasteiger partial charge in [0.05, 0.1) is 0 Å². The number of rotatable bonds is 4. The molecule has 0 aromatic heterocycles. The van der Waals surface area contributed by atoms with Gasteiger partial charge in [0, 0.05) is 19.1 Å². The number of nitrogens with zero attached hydrogens (tertiary/aromatic N) is 1. The minimum Gasteiger partial charge on any atom is -0.337 e. The maximum Gasteiger partial charge on any atom is 0.315 e. The molecule has 2 N–H and O–H groups in total. The zero-order chi connectivity index (χ0) is 10.4. The van der Waals surface area contributed by atoms with E-state index in [0.717, 1.165) is 13.1 Å². The summed E-state index contributed by atoms with van der Waals surface area (Å²) in [6.45, 7) is 8.02. The molecule has 1 rings (SSSR count). The maximum atomic E-state index is 11.2. The summed E-state index contributed by atoms with van der Waals surface area (Å²) < 4.78 is 0. The van der Waals surface area contributed by atoms with Crippen molar-refractivity contribution in [3.63, 3.8) is 0 Å². The normalized spacial score (nSPS) is 17.4.